The van der Waals surface area contributed by atoms with E-state index in [9.17, 15) is 9.90 Å². The van der Waals surface area contributed by atoms with Gasteiger partial charge in [0, 0.05) is 37.0 Å². The summed E-state index contributed by atoms with van der Waals surface area (Å²) in [5.41, 5.74) is 5.99. The van der Waals surface area contributed by atoms with Crippen molar-refractivity contribution in [1.82, 2.24) is 4.98 Å². The van der Waals surface area contributed by atoms with Crippen molar-refractivity contribution in [3.05, 3.63) is 109 Å². The molecule has 0 saturated carbocycles. The van der Waals surface area contributed by atoms with E-state index in [0.717, 1.165) is 5.69 Å². The number of aliphatic hydroxyl groups is 1. The summed E-state index contributed by atoms with van der Waals surface area (Å²) in [5.74, 6) is 0.104. The van der Waals surface area contributed by atoms with E-state index in [0.29, 0.717) is 21.7 Å². The van der Waals surface area contributed by atoms with Gasteiger partial charge in [-0.25, -0.2) is 0 Å². The van der Waals surface area contributed by atoms with Gasteiger partial charge in [-0.1, -0.05) is 41.5 Å². The molecule has 3 heterocycles. The molecule has 4 aromatic carbocycles. The number of hydrogen-bond acceptors (Lipinski definition) is 3. The van der Waals surface area contributed by atoms with E-state index in [1.807, 2.05) is 47.7 Å². The minimum atomic E-state index is -0.417. The number of carbonyl (C=O) groups is 1. The summed E-state index contributed by atoms with van der Waals surface area (Å²) >= 11 is 0.575. The predicted octanol–water partition coefficient (Wildman–Crippen LogP) is 3.24. The summed E-state index contributed by atoms with van der Waals surface area (Å²) in [7, 11) is 0. The quantitative estimate of drug-likeness (QED) is 0.126. The molecule has 0 aliphatic carbocycles. The molecule has 45 heavy (non-hydrogen) atoms. The standard InChI is InChI=1S/C27H15BNSe2.C11H20O2.Ir/c1-2-8-18-16-29-22(15-17(18)7-1)19-13-14-25-26-27(19)31-24-12-6-4-10-21(24)28(26)20-9-3-5-11-23(20)30-25;1-10(2,3)8(12)7-9(13)11(4,5)6;/h1-12,14-16H;7,12H,1-6H3;/q-1;;/b;8-7-;. The number of hydrogen-bond donors (Lipinski definition) is 1. The van der Waals surface area contributed by atoms with Crippen molar-refractivity contribution in [2.75, 3.05) is 0 Å². The number of ketones is 1. The Morgan fingerprint density at radius 2 is 1.38 bits per heavy atom. The SMILES string of the molecule is CC(C)(C)C(=O)/C=C(\O)C(C)(C)C.[Ir].[c-]1cc2c3c(c1-c1cc4ccccc4cn1)[Se]c1ccccc1B3c1ccccc1[Se]2. The number of pyridine rings is 1. The number of rotatable bonds is 2. The summed E-state index contributed by atoms with van der Waals surface area (Å²) in [5, 5.41) is 12.0. The van der Waals surface area contributed by atoms with Crippen LogP contribution in [-0.4, -0.2) is 52.5 Å². The number of fused-ring (bicyclic) bond motifs is 5. The zero-order valence-corrected chi connectivity index (χ0v) is 32.1. The Morgan fingerprint density at radius 1 is 0.800 bits per heavy atom. The molecule has 7 heteroatoms. The molecule has 0 unspecified atom stereocenters. The van der Waals surface area contributed by atoms with E-state index < -0.39 is 5.41 Å². The van der Waals surface area contributed by atoms with Crippen LogP contribution in [0.5, 0.6) is 0 Å². The molecule has 1 radical (unpaired) electrons. The molecule has 0 bridgehead atoms. The molecule has 229 valence electrons. The Balaban J connectivity index is 0.000000246. The van der Waals surface area contributed by atoms with E-state index in [1.54, 1.807) is 5.46 Å². The average molecular weight is 899 g/mol. The summed E-state index contributed by atoms with van der Waals surface area (Å²) in [4.78, 5) is 16.4. The number of carbonyl (C=O) groups excluding carboxylic acids is 1. The van der Waals surface area contributed by atoms with Gasteiger partial charge < -0.3 is 5.11 Å². The predicted molar refractivity (Wildman–Crippen MR) is 188 cm³/mol. The van der Waals surface area contributed by atoms with Gasteiger partial charge in [-0.05, 0) is 0 Å². The Kier molecular flexibility index (Phi) is 9.83. The molecule has 0 saturated heterocycles. The van der Waals surface area contributed by atoms with Gasteiger partial charge >= 0.3 is 195 Å². The third-order valence-electron chi connectivity index (χ3n) is 7.93. The average Bonchev–Trinajstić information content (AvgIpc) is 3.00. The first-order valence-electron chi connectivity index (χ1n) is 14.8. The van der Waals surface area contributed by atoms with Crippen LogP contribution in [0, 0.1) is 16.9 Å². The van der Waals surface area contributed by atoms with Gasteiger partial charge in [0.25, 0.3) is 0 Å². The Morgan fingerprint density at radius 3 is 2.00 bits per heavy atom. The Hall–Kier alpha value is -2.75. The number of allylic oxidation sites excluding steroid dienone is 2. The molecule has 5 aromatic rings. The van der Waals surface area contributed by atoms with Crippen LogP contribution in [0.2, 0.25) is 0 Å². The summed E-state index contributed by atoms with van der Waals surface area (Å²) in [6.45, 7) is 11.4. The van der Waals surface area contributed by atoms with Gasteiger partial charge in [0.05, 0.1) is 0 Å². The second-order valence-electron chi connectivity index (χ2n) is 13.3. The topological polar surface area (TPSA) is 50.2 Å². The molecule has 0 atom stereocenters. The number of benzene rings is 4. The van der Waals surface area contributed by atoms with Crippen molar-refractivity contribution in [3.8, 4) is 11.3 Å². The Bertz CT molecular complexity index is 1930. The van der Waals surface area contributed by atoms with E-state index >= 15 is 0 Å². The van der Waals surface area contributed by atoms with Crippen molar-refractivity contribution < 1.29 is 30.0 Å². The molecule has 1 N–H and O–H groups in total. The van der Waals surface area contributed by atoms with E-state index in [1.165, 1.54) is 51.2 Å². The van der Waals surface area contributed by atoms with Gasteiger partial charge in [-0.15, -0.1) is 0 Å². The summed E-state index contributed by atoms with van der Waals surface area (Å²) < 4.78 is 5.97. The van der Waals surface area contributed by atoms with E-state index in [-0.39, 0.29) is 52.0 Å². The van der Waals surface area contributed by atoms with Crippen LogP contribution >= 0.6 is 0 Å². The molecule has 0 spiro atoms. The van der Waals surface area contributed by atoms with Gasteiger partial charge in [-0.2, -0.15) is 0 Å². The van der Waals surface area contributed by atoms with Crippen LogP contribution in [0.25, 0.3) is 22.0 Å². The van der Waals surface area contributed by atoms with Crippen LogP contribution < -0.4 is 34.2 Å². The number of nitrogens with zero attached hydrogens (tertiary/aromatic N) is 1. The van der Waals surface area contributed by atoms with Crippen LogP contribution in [0.15, 0.2) is 103 Å². The van der Waals surface area contributed by atoms with Crippen molar-refractivity contribution in [2.45, 2.75) is 41.5 Å². The third kappa shape index (κ3) is 6.86. The van der Waals surface area contributed by atoms with Gasteiger partial charge in [0.1, 0.15) is 5.76 Å². The molecule has 1 aromatic heterocycles. The summed E-state index contributed by atoms with van der Waals surface area (Å²) in [6, 6.07) is 34.7. The maximum absolute atomic E-state index is 11.5. The fourth-order valence-corrected chi connectivity index (χ4v) is 10.7. The van der Waals surface area contributed by atoms with E-state index in [4.69, 9.17) is 4.98 Å². The van der Waals surface area contributed by atoms with Crippen molar-refractivity contribution in [2.24, 2.45) is 10.8 Å². The monoisotopic (exact) mass is 901 g/mol. The van der Waals surface area contributed by atoms with Crippen LogP contribution in [0.3, 0.4) is 0 Å². The van der Waals surface area contributed by atoms with Crippen LogP contribution in [0.4, 0.5) is 0 Å². The van der Waals surface area contributed by atoms with Crippen LogP contribution in [0.1, 0.15) is 41.5 Å². The van der Waals surface area contributed by atoms with Gasteiger partial charge in [-0.3, -0.25) is 4.79 Å². The first kappa shape index (κ1) is 33.6. The molecule has 2 aliphatic rings. The molecule has 3 nitrogen and oxygen atoms in total. The maximum atomic E-state index is 11.5. The number of aromatic nitrogens is 1. The molecule has 0 fully saturated rings. The fourth-order valence-electron chi connectivity index (χ4n) is 5.29. The zero-order valence-electron chi connectivity index (χ0n) is 26.3. The van der Waals surface area contributed by atoms with Gasteiger partial charge in [0.2, 0.25) is 0 Å². The van der Waals surface area contributed by atoms with E-state index in [2.05, 4.69) is 91.0 Å². The van der Waals surface area contributed by atoms with Crippen molar-refractivity contribution in [1.29, 1.82) is 0 Å². The van der Waals surface area contributed by atoms with Crippen molar-refractivity contribution >= 4 is 87.4 Å². The summed E-state index contributed by atoms with van der Waals surface area (Å²) in [6.07, 6.45) is 3.34. The second kappa shape index (κ2) is 13.2. The van der Waals surface area contributed by atoms with Crippen LogP contribution in [-0.2, 0) is 24.9 Å². The molecular weight excluding hydrogens is 863 g/mol. The first-order valence-corrected chi connectivity index (χ1v) is 18.3. The fraction of sp³-hybridized carbons (Fsp3) is 0.211. The first-order chi connectivity index (χ1) is 20.9. The molecule has 7 rings (SSSR count). The Labute approximate surface area is 293 Å². The third-order valence-corrected chi connectivity index (χ3v) is 12.9. The number of aliphatic hydroxyl groups excluding tert-OH is 1. The van der Waals surface area contributed by atoms with Gasteiger partial charge in [0.15, 0.2) is 5.78 Å². The van der Waals surface area contributed by atoms with Crippen molar-refractivity contribution in [3.63, 3.8) is 0 Å². The molecule has 0 amide bonds. The minimum absolute atomic E-state index is 0. The normalized spacial score (nSPS) is 13.5. The zero-order chi connectivity index (χ0) is 31.2. The molecular formula is C38H35BIrNO2Se2-. The molecule has 2 aliphatic heterocycles. The second-order valence-corrected chi connectivity index (χ2v) is 17.8.